The lowest BCUT2D eigenvalue weighted by Gasteiger charge is -2.25. The number of aromatic amines is 1. The van der Waals surface area contributed by atoms with Gasteiger partial charge < -0.3 is 15.0 Å². The van der Waals surface area contributed by atoms with Gasteiger partial charge in [0.05, 0.1) is 30.6 Å². The fourth-order valence-corrected chi connectivity index (χ4v) is 3.72. The Bertz CT molecular complexity index is 1210. The lowest BCUT2D eigenvalue weighted by molar-refractivity contribution is -0.117. The molecule has 31 heavy (non-hydrogen) atoms. The number of anilines is 1. The summed E-state index contributed by atoms with van der Waals surface area (Å²) in [6.07, 6.45) is 0.214. The van der Waals surface area contributed by atoms with Gasteiger partial charge in [0, 0.05) is 12.1 Å². The highest BCUT2D eigenvalue weighted by molar-refractivity contribution is 5.92. The van der Waals surface area contributed by atoms with E-state index in [9.17, 15) is 10.1 Å². The SMILES string of the molecule is COc1ccccc1C[C@](C#N)(CC(=O)Nc1ccccc1)c1nc2ccccc2[nH]1. The van der Waals surface area contributed by atoms with E-state index >= 15 is 0 Å². The molecular weight excluding hydrogens is 388 g/mol. The summed E-state index contributed by atoms with van der Waals surface area (Å²) in [5.74, 6) is 0.870. The van der Waals surface area contributed by atoms with E-state index in [2.05, 4.69) is 21.4 Å². The maximum atomic E-state index is 13.0. The minimum Gasteiger partial charge on any atom is -0.496 e. The Morgan fingerprint density at radius 3 is 2.52 bits per heavy atom. The molecule has 0 fully saturated rings. The summed E-state index contributed by atoms with van der Waals surface area (Å²) in [7, 11) is 1.59. The Balaban J connectivity index is 1.74. The quantitative estimate of drug-likeness (QED) is 0.466. The molecule has 1 amide bonds. The average molecular weight is 410 g/mol. The van der Waals surface area contributed by atoms with Crippen LogP contribution in [0.15, 0.2) is 78.9 Å². The summed E-state index contributed by atoms with van der Waals surface area (Å²) < 4.78 is 5.49. The first-order chi connectivity index (χ1) is 15.1. The third kappa shape index (κ3) is 4.26. The maximum absolute atomic E-state index is 13.0. The second-order valence-electron chi connectivity index (χ2n) is 7.38. The highest BCUT2D eigenvalue weighted by Crippen LogP contribution is 2.34. The van der Waals surface area contributed by atoms with Gasteiger partial charge in [-0.05, 0) is 35.9 Å². The van der Waals surface area contributed by atoms with Crippen LogP contribution in [-0.4, -0.2) is 23.0 Å². The number of hydrogen-bond acceptors (Lipinski definition) is 4. The standard InChI is InChI=1S/C25H22N4O2/c1-31-22-14-8-5-9-18(22)15-25(17-26,16-23(30)27-19-10-3-2-4-11-19)24-28-20-12-6-7-13-21(20)29-24/h2-14H,15-16H2,1H3,(H,27,30)(H,28,29)/t25-/m1/s1. The fourth-order valence-electron chi connectivity index (χ4n) is 3.72. The average Bonchev–Trinajstić information content (AvgIpc) is 3.24. The molecule has 0 spiro atoms. The van der Waals surface area contributed by atoms with Crippen LogP contribution in [0, 0.1) is 11.3 Å². The van der Waals surface area contributed by atoms with Crippen molar-refractivity contribution in [3.63, 3.8) is 0 Å². The van der Waals surface area contributed by atoms with Crippen LogP contribution in [0.3, 0.4) is 0 Å². The van der Waals surface area contributed by atoms with E-state index in [0.29, 0.717) is 17.3 Å². The summed E-state index contributed by atoms with van der Waals surface area (Å²) in [5.41, 5.74) is 1.88. The number of imidazole rings is 1. The number of carbonyl (C=O) groups excluding carboxylic acids is 1. The number of methoxy groups -OCH3 is 1. The van der Waals surface area contributed by atoms with Crippen molar-refractivity contribution in [2.24, 2.45) is 0 Å². The van der Waals surface area contributed by atoms with Crippen LogP contribution in [-0.2, 0) is 16.6 Å². The zero-order valence-corrected chi connectivity index (χ0v) is 17.1. The highest BCUT2D eigenvalue weighted by atomic mass is 16.5. The molecule has 0 bridgehead atoms. The number of aromatic nitrogens is 2. The molecule has 154 valence electrons. The van der Waals surface area contributed by atoms with Crippen molar-refractivity contribution in [3.8, 4) is 11.8 Å². The normalized spacial score (nSPS) is 12.6. The maximum Gasteiger partial charge on any atom is 0.226 e. The third-order valence-electron chi connectivity index (χ3n) is 5.26. The fraction of sp³-hybridized carbons (Fsp3) is 0.160. The number of nitrogens with zero attached hydrogens (tertiary/aromatic N) is 2. The number of carbonyl (C=O) groups is 1. The first kappa shape index (κ1) is 20.2. The molecule has 0 aliphatic heterocycles. The molecule has 3 aromatic carbocycles. The van der Waals surface area contributed by atoms with Crippen molar-refractivity contribution in [3.05, 3.63) is 90.3 Å². The Morgan fingerprint density at radius 1 is 1.06 bits per heavy atom. The van der Waals surface area contributed by atoms with Crippen LogP contribution in [0.1, 0.15) is 17.8 Å². The molecule has 6 heteroatoms. The van der Waals surface area contributed by atoms with Gasteiger partial charge in [0.15, 0.2) is 0 Å². The molecule has 1 atom stereocenters. The summed E-state index contributed by atoms with van der Waals surface area (Å²) in [6, 6.07) is 26.7. The van der Waals surface area contributed by atoms with Gasteiger partial charge in [0.2, 0.25) is 5.91 Å². The minimum atomic E-state index is -1.20. The topological polar surface area (TPSA) is 90.8 Å². The number of rotatable bonds is 7. The Morgan fingerprint density at radius 2 is 1.77 bits per heavy atom. The number of para-hydroxylation sites is 4. The smallest absolute Gasteiger partial charge is 0.226 e. The predicted octanol–water partition coefficient (Wildman–Crippen LogP) is 4.60. The molecule has 1 aromatic heterocycles. The molecular formula is C25H22N4O2. The van der Waals surface area contributed by atoms with E-state index in [1.165, 1.54) is 0 Å². The van der Waals surface area contributed by atoms with E-state index < -0.39 is 5.41 Å². The van der Waals surface area contributed by atoms with E-state index in [-0.39, 0.29) is 18.7 Å². The molecule has 4 aromatic rings. The second kappa shape index (κ2) is 8.72. The van der Waals surface area contributed by atoms with E-state index in [1.54, 1.807) is 7.11 Å². The van der Waals surface area contributed by atoms with Crippen LogP contribution in [0.2, 0.25) is 0 Å². The zero-order chi connectivity index (χ0) is 21.7. The lowest BCUT2D eigenvalue weighted by Crippen LogP contribution is -2.34. The van der Waals surface area contributed by atoms with E-state index in [0.717, 1.165) is 16.6 Å². The van der Waals surface area contributed by atoms with Crippen LogP contribution in [0.4, 0.5) is 5.69 Å². The van der Waals surface area contributed by atoms with Gasteiger partial charge in [-0.2, -0.15) is 5.26 Å². The monoisotopic (exact) mass is 410 g/mol. The number of fused-ring (bicyclic) bond motifs is 1. The number of ether oxygens (including phenoxy) is 1. The van der Waals surface area contributed by atoms with E-state index in [1.807, 2.05) is 78.9 Å². The van der Waals surface area contributed by atoms with Crippen LogP contribution in [0.25, 0.3) is 11.0 Å². The number of hydrogen-bond donors (Lipinski definition) is 2. The van der Waals surface area contributed by atoms with Crippen molar-refractivity contribution < 1.29 is 9.53 Å². The Hall–Kier alpha value is -4.11. The van der Waals surface area contributed by atoms with Gasteiger partial charge in [-0.25, -0.2) is 4.98 Å². The first-order valence-corrected chi connectivity index (χ1v) is 9.97. The zero-order valence-electron chi connectivity index (χ0n) is 17.1. The minimum absolute atomic E-state index is 0.0593. The molecule has 0 unspecified atom stereocenters. The number of nitrogens with one attached hydrogen (secondary N) is 2. The molecule has 1 heterocycles. The molecule has 0 aliphatic rings. The largest absolute Gasteiger partial charge is 0.496 e. The third-order valence-corrected chi connectivity index (χ3v) is 5.26. The van der Waals surface area contributed by atoms with Gasteiger partial charge in [0.25, 0.3) is 0 Å². The Labute approximate surface area is 180 Å². The Kier molecular flexibility index (Phi) is 5.67. The molecule has 6 nitrogen and oxygen atoms in total. The number of H-pyrrole nitrogens is 1. The predicted molar refractivity (Wildman–Crippen MR) is 120 cm³/mol. The molecule has 0 saturated carbocycles. The summed E-state index contributed by atoms with van der Waals surface area (Å²) in [6.45, 7) is 0. The van der Waals surface area contributed by atoms with Crippen molar-refractivity contribution in [2.75, 3.05) is 12.4 Å². The lowest BCUT2D eigenvalue weighted by atomic mass is 9.78. The first-order valence-electron chi connectivity index (χ1n) is 9.97. The number of benzene rings is 3. The van der Waals surface area contributed by atoms with Crippen molar-refractivity contribution in [1.29, 1.82) is 5.26 Å². The second-order valence-corrected chi connectivity index (χ2v) is 7.38. The molecule has 2 N–H and O–H groups in total. The van der Waals surface area contributed by atoms with Crippen LogP contribution in [0.5, 0.6) is 5.75 Å². The van der Waals surface area contributed by atoms with E-state index in [4.69, 9.17) is 4.74 Å². The van der Waals surface area contributed by atoms with Gasteiger partial charge in [-0.15, -0.1) is 0 Å². The van der Waals surface area contributed by atoms with Crippen LogP contribution >= 0.6 is 0 Å². The number of nitriles is 1. The molecule has 0 saturated heterocycles. The van der Waals surface area contributed by atoms with Gasteiger partial charge in [-0.3, -0.25) is 4.79 Å². The summed E-state index contributed by atoms with van der Waals surface area (Å²) in [4.78, 5) is 20.9. The van der Waals surface area contributed by atoms with Crippen molar-refractivity contribution in [2.45, 2.75) is 18.3 Å². The van der Waals surface area contributed by atoms with Crippen molar-refractivity contribution >= 4 is 22.6 Å². The number of amides is 1. The highest BCUT2D eigenvalue weighted by Gasteiger charge is 2.39. The summed E-state index contributed by atoms with van der Waals surface area (Å²) in [5, 5.41) is 13.3. The van der Waals surface area contributed by atoms with Gasteiger partial charge in [0.1, 0.15) is 17.0 Å². The van der Waals surface area contributed by atoms with Gasteiger partial charge >= 0.3 is 0 Å². The van der Waals surface area contributed by atoms with Crippen LogP contribution < -0.4 is 10.1 Å². The van der Waals surface area contributed by atoms with Gasteiger partial charge in [-0.1, -0.05) is 48.5 Å². The molecule has 4 rings (SSSR count). The van der Waals surface area contributed by atoms with Crippen molar-refractivity contribution in [1.82, 2.24) is 9.97 Å². The molecule has 0 aliphatic carbocycles. The molecule has 0 radical (unpaired) electrons. The summed E-state index contributed by atoms with van der Waals surface area (Å²) >= 11 is 0.